The molecule has 3 nitrogen and oxygen atoms in total. The van der Waals surface area contributed by atoms with Crippen molar-refractivity contribution >= 4 is 27.3 Å². The Morgan fingerprint density at radius 1 is 1.29 bits per heavy atom. The Morgan fingerprint density at radius 2 is 1.88 bits per heavy atom. The number of nitrogens with two attached hydrogens (primary N) is 1. The Bertz CT molecular complexity index is 522. The second kappa shape index (κ2) is 4.45. The number of thioether (sulfide) groups is 1. The van der Waals surface area contributed by atoms with Crippen LogP contribution < -0.4 is 5.73 Å². The van der Waals surface area contributed by atoms with Gasteiger partial charge in [-0.2, -0.15) is 0 Å². The second-order valence-corrected chi connectivity index (χ2v) is 7.50. The van der Waals surface area contributed by atoms with Crippen LogP contribution in [-0.4, -0.2) is 25.2 Å². The predicted molar refractivity (Wildman–Crippen MR) is 63.7 cm³/mol. The molecule has 1 aromatic carbocycles. The van der Waals surface area contributed by atoms with Crippen molar-refractivity contribution in [3.63, 3.8) is 0 Å². The first-order chi connectivity index (χ1) is 7.87. The summed E-state index contributed by atoms with van der Waals surface area (Å²) in [7, 11) is -3.04. The molecule has 1 aromatic rings. The van der Waals surface area contributed by atoms with Crippen LogP contribution in [0.5, 0.6) is 0 Å². The molecule has 0 radical (unpaired) electrons. The molecule has 1 aliphatic heterocycles. The fourth-order valence-electron chi connectivity index (χ4n) is 1.71. The number of rotatable bonds is 2. The van der Waals surface area contributed by atoms with Gasteiger partial charge in [-0.3, -0.25) is 0 Å². The standard InChI is InChI=1S/C10H11F2NO2S2/c11-8-3-6(13)4-9(12)10(8)16-7-1-2-17(14,15)5-7/h3-4,7H,1-2,5,13H2. The zero-order valence-corrected chi connectivity index (χ0v) is 10.5. The lowest BCUT2D eigenvalue weighted by atomic mass is 10.3. The molecular formula is C10H11F2NO2S2. The van der Waals surface area contributed by atoms with Crippen LogP contribution in [0.4, 0.5) is 14.5 Å². The smallest absolute Gasteiger partial charge is 0.151 e. The van der Waals surface area contributed by atoms with Gasteiger partial charge in [0.15, 0.2) is 9.84 Å². The highest BCUT2D eigenvalue weighted by Gasteiger charge is 2.30. The minimum Gasteiger partial charge on any atom is -0.399 e. The van der Waals surface area contributed by atoms with Crippen molar-refractivity contribution in [2.24, 2.45) is 0 Å². The third kappa shape index (κ3) is 2.90. The van der Waals surface area contributed by atoms with Gasteiger partial charge in [-0.1, -0.05) is 0 Å². The van der Waals surface area contributed by atoms with Gasteiger partial charge >= 0.3 is 0 Å². The lowest BCUT2D eigenvalue weighted by molar-refractivity contribution is 0.541. The summed E-state index contributed by atoms with van der Waals surface area (Å²) in [6.07, 6.45) is 0.427. The van der Waals surface area contributed by atoms with E-state index in [1.807, 2.05) is 0 Å². The number of sulfone groups is 1. The second-order valence-electron chi connectivity index (χ2n) is 3.96. The van der Waals surface area contributed by atoms with E-state index in [2.05, 4.69) is 0 Å². The molecule has 0 amide bonds. The van der Waals surface area contributed by atoms with Crippen LogP contribution in [-0.2, 0) is 9.84 Å². The molecule has 7 heteroatoms. The highest BCUT2D eigenvalue weighted by Crippen LogP contribution is 2.35. The maximum absolute atomic E-state index is 13.5. The van der Waals surface area contributed by atoms with Crippen molar-refractivity contribution in [3.8, 4) is 0 Å². The van der Waals surface area contributed by atoms with Crippen LogP contribution in [0.2, 0.25) is 0 Å². The molecule has 94 valence electrons. The number of anilines is 1. The Balaban J connectivity index is 2.20. The number of halogens is 2. The van der Waals surface area contributed by atoms with Crippen LogP contribution >= 0.6 is 11.8 Å². The Morgan fingerprint density at radius 3 is 2.35 bits per heavy atom. The molecular weight excluding hydrogens is 268 g/mol. The van der Waals surface area contributed by atoms with Gasteiger partial charge in [0.1, 0.15) is 11.6 Å². The third-order valence-electron chi connectivity index (χ3n) is 2.50. The minimum atomic E-state index is -3.04. The van der Waals surface area contributed by atoms with Crippen LogP contribution in [0.25, 0.3) is 0 Å². The van der Waals surface area contributed by atoms with Crippen molar-refractivity contribution in [2.75, 3.05) is 17.2 Å². The number of hydrogen-bond donors (Lipinski definition) is 1. The monoisotopic (exact) mass is 279 g/mol. The summed E-state index contributed by atoms with van der Waals surface area (Å²) in [5.74, 6) is -1.42. The molecule has 2 rings (SSSR count). The van der Waals surface area contributed by atoms with E-state index in [4.69, 9.17) is 5.73 Å². The summed E-state index contributed by atoms with van der Waals surface area (Å²) in [4.78, 5) is -0.152. The Kier molecular flexibility index (Phi) is 3.31. The largest absolute Gasteiger partial charge is 0.399 e. The highest BCUT2D eigenvalue weighted by atomic mass is 32.2. The van der Waals surface area contributed by atoms with Crippen LogP contribution in [0.3, 0.4) is 0 Å². The van der Waals surface area contributed by atoms with E-state index < -0.39 is 21.5 Å². The summed E-state index contributed by atoms with van der Waals surface area (Å²) in [5, 5.41) is -0.285. The Hall–Kier alpha value is -0.820. The maximum Gasteiger partial charge on any atom is 0.151 e. The zero-order valence-electron chi connectivity index (χ0n) is 8.82. The minimum absolute atomic E-state index is 0.0170. The van der Waals surface area contributed by atoms with E-state index in [1.165, 1.54) is 0 Å². The molecule has 1 unspecified atom stereocenters. The average molecular weight is 279 g/mol. The lowest BCUT2D eigenvalue weighted by Gasteiger charge is -2.09. The van der Waals surface area contributed by atoms with Gasteiger partial charge in [0.25, 0.3) is 0 Å². The SMILES string of the molecule is Nc1cc(F)c(SC2CCS(=O)(=O)C2)c(F)c1. The van der Waals surface area contributed by atoms with Crippen molar-refractivity contribution in [1.82, 2.24) is 0 Å². The van der Waals surface area contributed by atoms with Crippen molar-refractivity contribution in [1.29, 1.82) is 0 Å². The summed E-state index contributed by atoms with van der Waals surface area (Å²) in [5.41, 5.74) is 5.31. The summed E-state index contributed by atoms with van der Waals surface area (Å²) >= 11 is 0.931. The zero-order chi connectivity index (χ0) is 12.6. The summed E-state index contributed by atoms with van der Waals surface area (Å²) < 4.78 is 49.4. The topological polar surface area (TPSA) is 60.2 Å². The van der Waals surface area contributed by atoms with E-state index in [-0.39, 0.29) is 27.3 Å². The predicted octanol–water partition coefficient (Wildman–Crippen LogP) is 1.83. The molecule has 1 aliphatic rings. The average Bonchev–Trinajstić information content (AvgIpc) is 2.52. The van der Waals surface area contributed by atoms with E-state index in [9.17, 15) is 17.2 Å². The fourth-order valence-corrected chi connectivity index (χ4v) is 5.21. The van der Waals surface area contributed by atoms with Crippen LogP contribution in [0.15, 0.2) is 17.0 Å². The van der Waals surface area contributed by atoms with Gasteiger partial charge in [-0.25, -0.2) is 17.2 Å². The number of nitrogen functional groups attached to an aromatic ring is 1. The first-order valence-electron chi connectivity index (χ1n) is 4.99. The van der Waals surface area contributed by atoms with Crippen molar-refractivity contribution < 1.29 is 17.2 Å². The molecule has 0 saturated carbocycles. The van der Waals surface area contributed by atoms with Crippen LogP contribution in [0.1, 0.15) is 6.42 Å². The molecule has 0 bridgehead atoms. The van der Waals surface area contributed by atoms with Gasteiger partial charge < -0.3 is 5.73 Å². The number of benzene rings is 1. The molecule has 2 N–H and O–H groups in total. The molecule has 1 fully saturated rings. The van der Waals surface area contributed by atoms with Crippen molar-refractivity contribution in [3.05, 3.63) is 23.8 Å². The van der Waals surface area contributed by atoms with Gasteiger partial charge in [0.2, 0.25) is 0 Å². The molecule has 0 aromatic heterocycles. The summed E-state index contributed by atoms with van der Waals surface area (Å²) in [6, 6.07) is 2.07. The van der Waals surface area contributed by atoms with E-state index >= 15 is 0 Å². The lowest BCUT2D eigenvalue weighted by Crippen LogP contribution is -2.07. The number of hydrogen-bond acceptors (Lipinski definition) is 4. The molecule has 1 heterocycles. The highest BCUT2D eigenvalue weighted by molar-refractivity contribution is 8.01. The van der Waals surface area contributed by atoms with Crippen LogP contribution in [0, 0.1) is 11.6 Å². The van der Waals surface area contributed by atoms with E-state index in [0.717, 1.165) is 23.9 Å². The third-order valence-corrected chi connectivity index (χ3v) is 5.84. The van der Waals surface area contributed by atoms with Gasteiger partial charge in [0.05, 0.1) is 16.4 Å². The van der Waals surface area contributed by atoms with Crippen molar-refractivity contribution in [2.45, 2.75) is 16.6 Å². The fraction of sp³-hybridized carbons (Fsp3) is 0.400. The summed E-state index contributed by atoms with van der Waals surface area (Å²) in [6.45, 7) is 0. The van der Waals surface area contributed by atoms with Gasteiger partial charge in [0, 0.05) is 10.9 Å². The molecule has 0 aliphatic carbocycles. The first kappa shape index (κ1) is 12.6. The van der Waals surface area contributed by atoms with E-state index in [1.54, 1.807) is 0 Å². The Labute approximate surface area is 102 Å². The molecule has 0 spiro atoms. The normalized spacial score (nSPS) is 22.8. The molecule has 1 saturated heterocycles. The first-order valence-corrected chi connectivity index (χ1v) is 7.69. The van der Waals surface area contributed by atoms with Gasteiger partial charge in [-0.05, 0) is 18.6 Å². The molecule has 17 heavy (non-hydrogen) atoms. The van der Waals surface area contributed by atoms with E-state index in [0.29, 0.717) is 6.42 Å². The maximum atomic E-state index is 13.5. The quantitative estimate of drug-likeness (QED) is 0.839. The van der Waals surface area contributed by atoms with Gasteiger partial charge in [-0.15, -0.1) is 11.8 Å². The molecule has 1 atom stereocenters.